The fraction of sp³-hybridized carbons (Fsp3) is 0.375. The summed E-state index contributed by atoms with van der Waals surface area (Å²) in [5, 5.41) is 10.3. The molecule has 6 rings (SSSR count). The Bertz CT molecular complexity index is 1380. The van der Waals surface area contributed by atoms with Gasteiger partial charge >= 0.3 is 0 Å². The first-order valence-corrected chi connectivity index (χ1v) is 12.5. The van der Waals surface area contributed by atoms with Gasteiger partial charge in [-0.25, -0.2) is 4.98 Å². The van der Waals surface area contributed by atoms with Gasteiger partial charge in [0, 0.05) is 49.4 Å². The molecule has 0 atom stereocenters. The van der Waals surface area contributed by atoms with Crippen LogP contribution < -0.4 is 10.6 Å². The molecule has 10 nitrogen and oxygen atoms in total. The maximum atomic E-state index is 13.0. The SMILES string of the molecule is CN1CCN(C(=O)c2ccc(-c3cc(NC4CC4)n4ncc(/C=C5\CC(=O)NC5=O)c4n3)s2)CC1. The van der Waals surface area contributed by atoms with E-state index in [1.54, 1.807) is 16.8 Å². The minimum Gasteiger partial charge on any atom is -0.367 e. The van der Waals surface area contributed by atoms with Crippen LogP contribution in [0.4, 0.5) is 5.82 Å². The number of nitrogens with one attached hydrogen (secondary N) is 2. The molecule has 2 aliphatic heterocycles. The molecule has 3 aliphatic rings. The Hall–Kier alpha value is -3.57. The molecule has 3 aromatic rings. The van der Waals surface area contributed by atoms with Gasteiger partial charge in [0.15, 0.2) is 5.65 Å². The number of anilines is 1. The Morgan fingerprint density at radius 1 is 1.20 bits per heavy atom. The van der Waals surface area contributed by atoms with Crippen molar-refractivity contribution in [2.75, 3.05) is 38.5 Å². The number of carbonyl (C=O) groups excluding carboxylic acids is 3. The number of likely N-dealkylation sites (N-methyl/N-ethyl adjacent to an activating group) is 1. The summed E-state index contributed by atoms with van der Waals surface area (Å²) in [5.41, 5.74) is 2.38. The Morgan fingerprint density at radius 2 is 2.00 bits per heavy atom. The molecule has 2 N–H and O–H groups in total. The summed E-state index contributed by atoms with van der Waals surface area (Å²) in [5.74, 6) is 0.175. The first kappa shape index (κ1) is 21.9. The molecule has 0 bridgehead atoms. The van der Waals surface area contributed by atoms with Gasteiger partial charge in [0.25, 0.3) is 11.8 Å². The van der Waals surface area contributed by atoms with Crippen LogP contribution in [0.5, 0.6) is 0 Å². The molecule has 3 fully saturated rings. The van der Waals surface area contributed by atoms with Crippen molar-refractivity contribution in [3.05, 3.63) is 40.4 Å². The third-order valence-corrected chi connectivity index (χ3v) is 7.61. The lowest BCUT2D eigenvalue weighted by molar-refractivity contribution is -0.124. The normalized spacial score (nSPS) is 20.1. The average molecular weight is 492 g/mol. The van der Waals surface area contributed by atoms with E-state index in [-0.39, 0.29) is 24.1 Å². The predicted octanol–water partition coefficient (Wildman–Crippen LogP) is 1.85. The van der Waals surface area contributed by atoms with Crippen molar-refractivity contribution in [1.29, 1.82) is 0 Å². The molecule has 5 heterocycles. The Balaban J connectivity index is 1.36. The van der Waals surface area contributed by atoms with E-state index in [0.29, 0.717) is 27.7 Å². The minimum atomic E-state index is -0.382. The molecular weight excluding hydrogens is 466 g/mol. The number of nitrogens with zero attached hydrogens (tertiary/aromatic N) is 5. The molecule has 1 saturated carbocycles. The second-order valence-electron chi connectivity index (χ2n) is 9.26. The van der Waals surface area contributed by atoms with Crippen LogP contribution in [0, 0.1) is 0 Å². The highest BCUT2D eigenvalue weighted by atomic mass is 32.1. The number of hydrogen-bond donors (Lipinski definition) is 2. The molecule has 2 saturated heterocycles. The van der Waals surface area contributed by atoms with Crippen LogP contribution in [0.3, 0.4) is 0 Å². The van der Waals surface area contributed by atoms with Gasteiger partial charge in [-0.3, -0.25) is 19.7 Å². The average Bonchev–Trinajstić information content (AvgIpc) is 3.23. The van der Waals surface area contributed by atoms with Crippen molar-refractivity contribution in [3.63, 3.8) is 0 Å². The van der Waals surface area contributed by atoms with Crippen molar-refractivity contribution in [2.45, 2.75) is 25.3 Å². The number of amides is 3. The zero-order valence-electron chi connectivity index (χ0n) is 19.3. The number of carbonyl (C=O) groups is 3. The molecule has 3 aromatic heterocycles. The van der Waals surface area contributed by atoms with E-state index in [2.05, 4.69) is 27.7 Å². The third kappa shape index (κ3) is 4.32. The van der Waals surface area contributed by atoms with Crippen molar-refractivity contribution >= 4 is 46.6 Å². The van der Waals surface area contributed by atoms with E-state index < -0.39 is 0 Å². The lowest BCUT2D eigenvalue weighted by Crippen LogP contribution is -2.46. The summed E-state index contributed by atoms with van der Waals surface area (Å²) in [6, 6.07) is 6.16. The summed E-state index contributed by atoms with van der Waals surface area (Å²) in [6.45, 7) is 3.21. The van der Waals surface area contributed by atoms with Crippen LogP contribution in [0.1, 0.15) is 34.5 Å². The number of piperazine rings is 1. The highest BCUT2D eigenvalue weighted by Crippen LogP contribution is 2.33. The lowest BCUT2D eigenvalue weighted by atomic mass is 10.1. The van der Waals surface area contributed by atoms with Crippen LogP contribution in [0.25, 0.3) is 22.3 Å². The maximum Gasteiger partial charge on any atom is 0.264 e. The highest BCUT2D eigenvalue weighted by Gasteiger charge is 2.27. The van der Waals surface area contributed by atoms with Crippen molar-refractivity contribution in [3.8, 4) is 10.6 Å². The van der Waals surface area contributed by atoms with Crippen molar-refractivity contribution in [1.82, 2.24) is 29.7 Å². The summed E-state index contributed by atoms with van der Waals surface area (Å²) in [4.78, 5) is 47.3. The quantitative estimate of drug-likeness (QED) is 0.414. The molecule has 11 heteroatoms. The van der Waals surface area contributed by atoms with E-state index in [0.717, 1.165) is 55.4 Å². The molecule has 0 unspecified atom stereocenters. The number of imide groups is 1. The summed E-state index contributed by atoms with van der Waals surface area (Å²) < 4.78 is 1.73. The third-order valence-electron chi connectivity index (χ3n) is 6.51. The topological polar surface area (TPSA) is 112 Å². The van der Waals surface area contributed by atoms with Gasteiger partial charge in [-0.1, -0.05) is 0 Å². The van der Waals surface area contributed by atoms with Gasteiger partial charge in [-0.2, -0.15) is 9.61 Å². The van der Waals surface area contributed by atoms with Gasteiger partial charge in [0.1, 0.15) is 5.82 Å². The number of rotatable bonds is 5. The van der Waals surface area contributed by atoms with Gasteiger partial charge in [-0.15, -0.1) is 11.3 Å². The molecule has 3 amide bonds. The molecule has 180 valence electrons. The summed E-state index contributed by atoms with van der Waals surface area (Å²) >= 11 is 1.43. The summed E-state index contributed by atoms with van der Waals surface area (Å²) in [7, 11) is 2.07. The zero-order chi connectivity index (χ0) is 24.1. The number of fused-ring (bicyclic) bond motifs is 1. The number of aromatic nitrogens is 3. The van der Waals surface area contributed by atoms with Crippen molar-refractivity contribution in [2.24, 2.45) is 0 Å². The van der Waals surface area contributed by atoms with Crippen LogP contribution in [0.15, 0.2) is 30.0 Å². The first-order valence-electron chi connectivity index (χ1n) is 11.7. The van der Waals surface area contributed by atoms with Crippen LogP contribution in [-0.4, -0.2) is 81.4 Å². The molecule has 1 aliphatic carbocycles. The molecule has 35 heavy (non-hydrogen) atoms. The van der Waals surface area contributed by atoms with Crippen LogP contribution in [-0.2, 0) is 9.59 Å². The fourth-order valence-corrected chi connectivity index (χ4v) is 5.25. The fourth-order valence-electron chi connectivity index (χ4n) is 4.31. The predicted molar refractivity (Wildman–Crippen MR) is 132 cm³/mol. The zero-order valence-corrected chi connectivity index (χ0v) is 20.1. The van der Waals surface area contributed by atoms with Gasteiger partial charge < -0.3 is 15.1 Å². The van der Waals surface area contributed by atoms with E-state index in [9.17, 15) is 14.4 Å². The Kier molecular flexibility index (Phi) is 5.37. The lowest BCUT2D eigenvalue weighted by Gasteiger charge is -2.32. The van der Waals surface area contributed by atoms with Gasteiger partial charge in [0.05, 0.1) is 28.1 Å². The van der Waals surface area contributed by atoms with Crippen LogP contribution in [0.2, 0.25) is 0 Å². The van der Waals surface area contributed by atoms with Crippen molar-refractivity contribution < 1.29 is 14.4 Å². The van der Waals surface area contributed by atoms with Gasteiger partial charge in [-0.05, 0) is 38.1 Å². The standard InChI is InChI=1S/C24H25N7O3S/c1-29-6-8-30(9-7-29)24(34)19-5-4-18(35-19)17-12-20(26-16-2-3-16)31-22(27-17)15(13-25-31)10-14-11-21(32)28-23(14)33/h4-5,10,12-13,16,26H,2-3,6-9,11H2,1H3,(H,28,32,33)/b14-10+. The van der Waals surface area contributed by atoms with E-state index >= 15 is 0 Å². The molecule has 0 radical (unpaired) electrons. The molecule has 0 aromatic carbocycles. The van der Waals surface area contributed by atoms with E-state index in [1.807, 2.05) is 23.1 Å². The van der Waals surface area contributed by atoms with Gasteiger partial charge in [0.2, 0.25) is 5.91 Å². The molecular formula is C24H25N7O3S. The molecule has 0 spiro atoms. The number of thiophene rings is 1. The maximum absolute atomic E-state index is 13.0. The smallest absolute Gasteiger partial charge is 0.264 e. The highest BCUT2D eigenvalue weighted by molar-refractivity contribution is 7.17. The number of hydrogen-bond acceptors (Lipinski definition) is 8. The largest absolute Gasteiger partial charge is 0.367 e. The minimum absolute atomic E-state index is 0.0474. The van der Waals surface area contributed by atoms with E-state index in [4.69, 9.17) is 4.98 Å². The van der Waals surface area contributed by atoms with E-state index in [1.165, 1.54) is 11.3 Å². The Labute approximate surface area is 205 Å². The monoisotopic (exact) mass is 491 g/mol. The summed E-state index contributed by atoms with van der Waals surface area (Å²) in [6.07, 6.45) is 5.58. The first-order chi connectivity index (χ1) is 16.9. The second kappa shape index (κ2) is 8.58. The Morgan fingerprint density at radius 3 is 2.71 bits per heavy atom. The van der Waals surface area contributed by atoms with Crippen LogP contribution >= 0.6 is 11.3 Å². The second-order valence-corrected chi connectivity index (χ2v) is 10.3.